The van der Waals surface area contributed by atoms with E-state index in [1.54, 1.807) is 12.1 Å². The zero-order chi connectivity index (χ0) is 30.2. The zero-order valence-corrected chi connectivity index (χ0v) is 22.0. The van der Waals surface area contributed by atoms with Gasteiger partial charge in [-0.15, -0.1) is 0 Å². The van der Waals surface area contributed by atoms with Gasteiger partial charge in [0.25, 0.3) is 0 Å². The molecule has 0 aliphatic rings. The summed E-state index contributed by atoms with van der Waals surface area (Å²) in [6.45, 7) is 0.328. The summed E-state index contributed by atoms with van der Waals surface area (Å²) in [7, 11) is 0. The fourth-order valence-corrected chi connectivity index (χ4v) is 3.64. The predicted octanol–water partition coefficient (Wildman–Crippen LogP) is -1.94. The monoisotopic (exact) mass is 566 g/mol. The fourth-order valence-electron chi connectivity index (χ4n) is 3.64. The van der Waals surface area contributed by atoms with E-state index in [1.165, 1.54) is 12.1 Å². The number of phenols is 1. The van der Waals surface area contributed by atoms with Gasteiger partial charge in [-0.2, -0.15) is 0 Å². The lowest BCUT2D eigenvalue weighted by Gasteiger charge is -2.25. The summed E-state index contributed by atoms with van der Waals surface area (Å²) in [5.41, 5.74) is 17.2. The number of hydrogen-bond acceptors (Lipinski definition) is 9. The van der Waals surface area contributed by atoms with E-state index in [9.17, 15) is 39.0 Å². The second-order valence-corrected chi connectivity index (χ2v) is 9.22. The number of benzene rings is 1. The Morgan fingerprint density at radius 1 is 0.750 bits per heavy atom. The normalized spacial score (nSPS) is 13.8. The van der Waals surface area contributed by atoms with Crippen molar-refractivity contribution in [1.29, 1.82) is 0 Å². The number of nitrogens with two attached hydrogens (primary N) is 3. The predicted molar refractivity (Wildman–Crippen MR) is 141 cm³/mol. The van der Waals surface area contributed by atoms with E-state index in [-0.39, 0.29) is 37.9 Å². The van der Waals surface area contributed by atoms with Gasteiger partial charge in [0, 0.05) is 12.8 Å². The van der Waals surface area contributed by atoms with Crippen molar-refractivity contribution in [2.75, 3.05) is 6.54 Å². The zero-order valence-electron chi connectivity index (χ0n) is 22.0. The second kappa shape index (κ2) is 17.4. The van der Waals surface area contributed by atoms with Crippen LogP contribution < -0.4 is 33.2 Å². The van der Waals surface area contributed by atoms with E-state index in [0.717, 1.165) is 0 Å². The number of carboxylic acid groups (broad SMARTS) is 2. The number of unbranched alkanes of at least 4 members (excludes halogenated alkanes) is 1. The minimum atomic E-state index is -1.46. The molecule has 4 atom stereocenters. The number of aliphatic carboxylic acids is 2. The third-order valence-electron chi connectivity index (χ3n) is 5.88. The van der Waals surface area contributed by atoms with Gasteiger partial charge in [0.15, 0.2) is 0 Å². The first-order valence-electron chi connectivity index (χ1n) is 12.7. The number of aromatic hydroxyl groups is 1. The van der Waals surface area contributed by atoms with E-state index >= 15 is 0 Å². The SMILES string of the molecule is NCCCCC(NC(=O)C(CCC(=O)O)NC(=O)C(CCC(N)=O)NC(=O)C(N)Cc1ccc(O)cc1)C(=O)O. The van der Waals surface area contributed by atoms with Gasteiger partial charge >= 0.3 is 11.9 Å². The third-order valence-corrected chi connectivity index (χ3v) is 5.88. The molecule has 1 rings (SSSR count). The molecule has 0 spiro atoms. The summed E-state index contributed by atoms with van der Waals surface area (Å²) in [5.74, 6) is -5.92. The lowest BCUT2D eigenvalue weighted by molar-refractivity contribution is -0.143. The average molecular weight is 567 g/mol. The van der Waals surface area contributed by atoms with Crippen LogP contribution in [0.25, 0.3) is 0 Å². The van der Waals surface area contributed by atoms with Gasteiger partial charge < -0.3 is 48.5 Å². The number of carboxylic acids is 2. The summed E-state index contributed by atoms with van der Waals surface area (Å²) < 4.78 is 0. The third kappa shape index (κ3) is 13.0. The van der Waals surface area contributed by atoms with Crippen LogP contribution in [0.2, 0.25) is 0 Å². The summed E-state index contributed by atoms with van der Waals surface area (Å²) in [4.78, 5) is 72.8. The van der Waals surface area contributed by atoms with Gasteiger partial charge in [0.1, 0.15) is 23.9 Å². The standard InChI is InChI=1S/C25H38N6O9/c26-12-2-1-3-19(25(39)40)31-24(38)18(9-11-21(34)35)30-23(37)17(8-10-20(28)33)29-22(36)16(27)13-14-4-6-15(32)7-5-14/h4-7,16-19,32H,1-3,8-13,26-27H2,(H2,28,33)(H,29,36)(H,30,37)(H,31,38)(H,34,35)(H,39,40). The maximum Gasteiger partial charge on any atom is 0.326 e. The molecule has 15 heteroatoms. The van der Waals surface area contributed by atoms with Crippen molar-refractivity contribution in [2.24, 2.45) is 17.2 Å². The van der Waals surface area contributed by atoms with Gasteiger partial charge in [0.05, 0.1) is 6.04 Å². The Kier molecular flexibility index (Phi) is 14.7. The summed E-state index contributed by atoms with van der Waals surface area (Å²) >= 11 is 0. The van der Waals surface area contributed by atoms with E-state index < -0.39 is 66.2 Å². The van der Waals surface area contributed by atoms with Crippen LogP contribution in [0.5, 0.6) is 5.75 Å². The molecule has 4 unspecified atom stereocenters. The highest BCUT2D eigenvalue weighted by Gasteiger charge is 2.30. The molecule has 12 N–H and O–H groups in total. The highest BCUT2D eigenvalue weighted by Crippen LogP contribution is 2.11. The smallest absolute Gasteiger partial charge is 0.326 e. The molecule has 0 bridgehead atoms. The van der Waals surface area contributed by atoms with Crippen LogP contribution in [0.4, 0.5) is 0 Å². The van der Waals surface area contributed by atoms with Crippen molar-refractivity contribution in [3.05, 3.63) is 29.8 Å². The number of hydrogen-bond donors (Lipinski definition) is 9. The Hall–Kier alpha value is -4.24. The van der Waals surface area contributed by atoms with Crippen molar-refractivity contribution in [2.45, 2.75) is 75.5 Å². The molecular weight excluding hydrogens is 528 g/mol. The Morgan fingerprint density at radius 3 is 1.77 bits per heavy atom. The quantitative estimate of drug-likeness (QED) is 0.0830. The maximum absolute atomic E-state index is 13.1. The minimum Gasteiger partial charge on any atom is -0.508 e. The van der Waals surface area contributed by atoms with Crippen LogP contribution in [0.15, 0.2) is 24.3 Å². The number of carbonyl (C=O) groups excluding carboxylic acids is 4. The molecule has 0 saturated heterocycles. The average Bonchev–Trinajstić information content (AvgIpc) is 2.88. The molecule has 40 heavy (non-hydrogen) atoms. The number of carbonyl (C=O) groups is 6. The van der Waals surface area contributed by atoms with Gasteiger partial charge in [0.2, 0.25) is 23.6 Å². The number of amides is 4. The van der Waals surface area contributed by atoms with E-state index in [0.29, 0.717) is 24.9 Å². The lowest BCUT2D eigenvalue weighted by Crippen LogP contribution is -2.57. The molecule has 0 heterocycles. The summed E-state index contributed by atoms with van der Waals surface area (Å²) in [6.07, 6.45) is -0.407. The molecule has 0 radical (unpaired) electrons. The molecule has 1 aromatic rings. The molecule has 4 amide bonds. The van der Waals surface area contributed by atoms with Crippen molar-refractivity contribution < 1.29 is 44.1 Å². The van der Waals surface area contributed by atoms with Gasteiger partial charge in [-0.25, -0.2) is 4.79 Å². The molecule has 0 aliphatic heterocycles. The molecular formula is C25H38N6O9. The Bertz CT molecular complexity index is 1030. The largest absolute Gasteiger partial charge is 0.508 e. The fraction of sp³-hybridized carbons (Fsp3) is 0.520. The summed E-state index contributed by atoms with van der Waals surface area (Å²) in [5, 5.41) is 35.0. The van der Waals surface area contributed by atoms with Gasteiger partial charge in [-0.1, -0.05) is 12.1 Å². The van der Waals surface area contributed by atoms with Crippen LogP contribution in [-0.4, -0.2) is 81.6 Å². The molecule has 0 aromatic heterocycles. The van der Waals surface area contributed by atoms with E-state index in [1.807, 2.05) is 0 Å². The number of nitrogens with one attached hydrogen (secondary N) is 3. The van der Waals surface area contributed by atoms with Crippen molar-refractivity contribution in [3.8, 4) is 5.75 Å². The Morgan fingerprint density at radius 2 is 1.27 bits per heavy atom. The molecule has 0 fully saturated rings. The van der Waals surface area contributed by atoms with Gasteiger partial charge in [-0.3, -0.25) is 24.0 Å². The number of rotatable bonds is 19. The molecule has 222 valence electrons. The molecule has 0 saturated carbocycles. The van der Waals surface area contributed by atoms with Crippen molar-refractivity contribution in [3.63, 3.8) is 0 Å². The first-order valence-corrected chi connectivity index (χ1v) is 12.7. The van der Waals surface area contributed by atoms with Crippen LogP contribution in [0.3, 0.4) is 0 Å². The van der Waals surface area contributed by atoms with E-state index in [2.05, 4.69) is 16.0 Å². The number of primary amides is 1. The topological polar surface area (TPSA) is 277 Å². The minimum absolute atomic E-state index is 0.0247. The first-order chi connectivity index (χ1) is 18.8. The highest BCUT2D eigenvalue weighted by molar-refractivity contribution is 5.94. The maximum atomic E-state index is 13.1. The molecule has 1 aromatic carbocycles. The second-order valence-electron chi connectivity index (χ2n) is 9.22. The Balaban J connectivity index is 3.01. The molecule has 0 aliphatic carbocycles. The van der Waals surface area contributed by atoms with Crippen molar-refractivity contribution >= 4 is 35.6 Å². The van der Waals surface area contributed by atoms with Crippen LogP contribution in [0, 0.1) is 0 Å². The Labute approximate surface area is 230 Å². The van der Waals surface area contributed by atoms with Crippen LogP contribution in [-0.2, 0) is 35.2 Å². The van der Waals surface area contributed by atoms with Crippen LogP contribution in [0.1, 0.15) is 50.5 Å². The van der Waals surface area contributed by atoms with Crippen molar-refractivity contribution in [1.82, 2.24) is 16.0 Å². The molecule has 15 nitrogen and oxygen atoms in total. The highest BCUT2D eigenvalue weighted by atomic mass is 16.4. The number of phenolic OH excluding ortho intramolecular Hbond substituents is 1. The lowest BCUT2D eigenvalue weighted by atomic mass is 10.0. The van der Waals surface area contributed by atoms with Gasteiger partial charge in [-0.05, 0) is 62.8 Å². The van der Waals surface area contributed by atoms with E-state index in [4.69, 9.17) is 22.3 Å². The first kappa shape index (κ1) is 33.8. The van der Waals surface area contributed by atoms with Crippen LogP contribution >= 0.6 is 0 Å². The summed E-state index contributed by atoms with van der Waals surface area (Å²) in [6, 6.07) is 0.703.